The van der Waals surface area contributed by atoms with Gasteiger partial charge in [-0.3, -0.25) is 4.57 Å². The number of aromatic nitrogens is 3. The number of aryl methyl sites for hydroxylation is 1. The highest BCUT2D eigenvalue weighted by Gasteiger charge is 2.10. The second kappa shape index (κ2) is 3.70. The zero-order chi connectivity index (χ0) is 10.8. The molecular weight excluding hydrogens is 214 g/mol. The van der Waals surface area contributed by atoms with Gasteiger partial charge in [-0.05, 0) is 19.1 Å². The van der Waals surface area contributed by atoms with Gasteiger partial charge in [0.15, 0.2) is 5.84 Å². The minimum absolute atomic E-state index is 0.0489. The lowest BCUT2D eigenvalue weighted by molar-refractivity contribution is 0.318. The van der Waals surface area contributed by atoms with E-state index in [-0.39, 0.29) is 5.84 Å². The summed E-state index contributed by atoms with van der Waals surface area (Å²) in [5.74, 6) is 0.752. The highest BCUT2D eigenvalue weighted by atomic mass is 32.1. The highest BCUT2D eigenvalue weighted by molar-refractivity contribution is 7.08. The maximum atomic E-state index is 8.60. The normalized spacial score (nSPS) is 11.9. The summed E-state index contributed by atoms with van der Waals surface area (Å²) in [6, 6.07) is 3.54. The van der Waals surface area contributed by atoms with E-state index in [2.05, 4.69) is 14.5 Å². The number of hydrogen-bond acceptors (Lipinski definition) is 5. The summed E-state index contributed by atoms with van der Waals surface area (Å²) in [4.78, 5) is 4.21. The predicted octanol–water partition coefficient (Wildman–Crippen LogP) is 0.732. The SMILES string of the molecule is Cc1nsc(-n2cccc2/C(N)=N/O)n1. The first-order valence-corrected chi connectivity index (χ1v) is 4.95. The highest BCUT2D eigenvalue weighted by Crippen LogP contribution is 2.14. The van der Waals surface area contributed by atoms with Crippen molar-refractivity contribution in [1.82, 2.24) is 13.9 Å². The first kappa shape index (κ1) is 9.66. The van der Waals surface area contributed by atoms with Crippen molar-refractivity contribution in [3.8, 4) is 5.13 Å². The van der Waals surface area contributed by atoms with E-state index in [9.17, 15) is 0 Å². The molecule has 0 aliphatic heterocycles. The zero-order valence-corrected chi connectivity index (χ0v) is 8.77. The van der Waals surface area contributed by atoms with Crippen molar-refractivity contribution >= 4 is 17.4 Å². The van der Waals surface area contributed by atoms with Crippen LogP contribution in [0.1, 0.15) is 11.5 Å². The Balaban J connectivity index is 2.50. The smallest absolute Gasteiger partial charge is 0.213 e. The van der Waals surface area contributed by atoms with E-state index >= 15 is 0 Å². The van der Waals surface area contributed by atoms with Gasteiger partial charge in [0.05, 0.1) is 5.69 Å². The number of rotatable bonds is 2. The van der Waals surface area contributed by atoms with Crippen molar-refractivity contribution in [3.05, 3.63) is 29.8 Å². The topological polar surface area (TPSA) is 89.3 Å². The summed E-state index contributed by atoms with van der Waals surface area (Å²) in [6.45, 7) is 1.81. The van der Waals surface area contributed by atoms with E-state index in [1.165, 1.54) is 11.5 Å². The summed E-state index contributed by atoms with van der Waals surface area (Å²) in [6.07, 6.45) is 1.79. The number of hydrogen-bond donors (Lipinski definition) is 2. The average Bonchev–Trinajstić information content (AvgIpc) is 2.84. The van der Waals surface area contributed by atoms with E-state index in [1.807, 2.05) is 6.92 Å². The van der Waals surface area contributed by atoms with Crippen molar-refractivity contribution in [1.29, 1.82) is 0 Å². The molecule has 7 heteroatoms. The Morgan fingerprint density at radius 2 is 2.47 bits per heavy atom. The molecule has 0 unspecified atom stereocenters. The van der Waals surface area contributed by atoms with Crippen molar-refractivity contribution in [3.63, 3.8) is 0 Å². The van der Waals surface area contributed by atoms with Gasteiger partial charge in [-0.25, -0.2) is 4.98 Å². The molecule has 2 aromatic heterocycles. The largest absolute Gasteiger partial charge is 0.409 e. The van der Waals surface area contributed by atoms with Crippen molar-refractivity contribution in [2.24, 2.45) is 10.9 Å². The van der Waals surface area contributed by atoms with Crippen LogP contribution in [0.25, 0.3) is 5.13 Å². The minimum atomic E-state index is 0.0489. The van der Waals surface area contributed by atoms with Crippen LogP contribution in [0.5, 0.6) is 0 Å². The van der Waals surface area contributed by atoms with Gasteiger partial charge in [0.25, 0.3) is 0 Å². The van der Waals surface area contributed by atoms with E-state index in [0.717, 1.165) is 0 Å². The Morgan fingerprint density at radius 3 is 3.07 bits per heavy atom. The van der Waals surface area contributed by atoms with Crippen LogP contribution in [0, 0.1) is 6.92 Å². The molecule has 0 aliphatic carbocycles. The summed E-state index contributed by atoms with van der Waals surface area (Å²) >= 11 is 1.26. The molecule has 2 heterocycles. The quantitative estimate of drug-likeness (QED) is 0.340. The lowest BCUT2D eigenvalue weighted by Crippen LogP contribution is -2.17. The monoisotopic (exact) mass is 223 g/mol. The Bertz CT molecular complexity index is 501. The van der Waals surface area contributed by atoms with Crippen LogP contribution in [0.4, 0.5) is 0 Å². The third-order valence-corrected chi connectivity index (χ3v) is 2.65. The molecule has 0 radical (unpaired) electrons. The third kappa shape index (κ3) is 1.68. The van der Waals surface area contributed by atoms with E-state index in [1.54, 1.807) is 22.9 Å². The molecule has 0 aromatic carbocycles. The Kier molecular flexibility index (Phi) is 2.38. The van der Waals surface area contributed by atoms with Crippen molar-refractivity contribution in [2.45, 2.75) is 6.92 Å². The molecule has 15 heavy (non-hydrogen) atoms. The van der Waals surface area contributed by atoms with E-state index in [4.69, 9.17) is 10.9 Å². The standard InChI is InChI=1S/C8H9N5OS/c1-5-10-8(15-12-5)13-4-2-3-6(13)7(9)11-14/h2-4,14H,1H3,(H2,9,11). The molecule has 0 aliphatic rings. The Labute approximate surface area is 89.8 Å². The molecule has 2 aromatic rings. The maximum absolute atomic E-state index is 8.60. The summed E-state index contributed by atoms with van der Waals surface area (Å²) in [5.41, 5.74) is 6.11. The Hall–Kier alpha value is -1.89. The van der Waals surface area contributed by atoms with Gasteiger partial charge in [-0.1, -0.05) is 5.16 Å². The van der Waals surface area contributed by atoms with Crippen LogP contribution < -0.4 is 5.73 Å². The Morgan fingerprint density at radius 1 is 1.67 bits per heavy atom. The van der Waals surface area contributed by atoms with Gasteiger partial charge in [0, 0.05) is 17.7 Å². The van der Waals surface area contributed by atoms with Crippen LogP contribution in [0.3, 0.4) is 0 Å². The lowest BCUT2D eigenvalue weighted by Gasteiger charge is -2.02. The third-order valence-electron chi connectivity index (χ3n) is 1.84. The van der Waals surface area contributed by atoms with Crippen LogP contribution in [0.15, 0.2) is 23.5 Å². The van der Waals surface area contributed by atoms with E-state index in [0.29, 0.717) is 16.6 Å². The predicted molar refractivity (Wildman–Crippen MR) is 56.5 cm³/mol. The molecule has 3 N–H and O–H groups in total. The maximum Gasteiger partial charge on any atom is 0.213 e. The fourth-order valence-electron chi connectivity index (χ4n) is 1.19. The molecule has 0 saturated carbocycles. The average molecular weight is 223 g/mol. The molecule has 0 fully saturated rings. The number of oxime groups is 1. The lowest BCUT2D eigenvalue weighted by atomic mass is 10.4. The molecule has 78 valence electrons. The molecule has 0 bridgehead atoms. The molecular formula is C8H9N5OS. The second-order valence-corrected chi connectivity index (χ2v) is 3.60. The fraction of sp³-hybridized carbons (Fsp3) is 0.125. The van der Waals surface area contributed by atoms with Crippen LogP contribution in [-0.2, 0) is 0 Å². The second-order valence-electron chi connectivity index (χ2n) is 2.87. The summed E-state index contributed by atoms with van der Waals surface area (Å²) in [7, 11) is 0. The molecule has 2 rings (SSSR count). The van der Waals surface area contributed by atoms with Crippen molar-refractivity contribution < 1.29 is 5.21 Å². The van der Waals surface area contributed by atoms with Crippen LogP contribution >= 0.6 is 11.5 Å². The molecule has 6 nitrogen and oxygen atoms in total. The number of nitrogens with two attached hydrogens (primary N) is 1. The zero-order valence-electron chi connectivity index (χ0n) is 7.95. The molecule has 0 atom stereocenters. The number of amidine groups is 1. The molecule has 0 spiro atoms. The van der Waals surface area contributed by atoms with Gasteiger partial charge in [-0.15, -0.1) is 0 Å². The van der Waals surface area contributed by atoms with Crippen LogP contribution in [0.2, 0.25) is 0 Å². The van der Waals surface area contributed by atoms with Gasteiger partial charge >= 0.3 is 0 Å². The van der Waals surface area contributed by atoms with Gasteiger partial charge < -0.3 is 10.9 Å². The summed E-state index contributed by atoms with van der Waals surface area (Å²) in [5, 5.41) is 12.2. The van der Waals surface area contributed by atoms with Gasteiger partial charge in [0.2, 0.25) is 5.13 Å². The molecule has 0 amide bonds. The van der Waals surface area contributed by atoms with Gasteiger partial charge in [0.1, 0.15) is 5.82 Å². The van der Waals surface area contributed by atoms with Crippen molar-refractivity contribution in [2.75, 3.05) is 0 Å². The first-order valence-electron chi connectivity index (χ1n) is 4.18. The number of nitrogens with zero attached hydrogens (tertiary/aromatic N) is 4. The first-order chi connectivity index (χ1) is 7.22. The summed E-state index contributed by atoms with van der Waals surface area (Å²) < 4.78 is 5.79. The fourth-order valence-corrected chi connectivity index (χ4v) is 1.87. The van der Waals surface area contributed by atoms with E-state index < -0.39 is 0 Å². The van der Waals surface area contributed by atoms with Crippen LogP contribution in [-0.4, -0.2) is 25.0 Å². The van der Waals surface area contributed by atoms with Gasteiger partial charge in [-0.2, -0.15) is 4.37 Å². The minimum Gasteiger partial charge on any atom is -0.409 e. The molecule has 0 saturated heterocycles.